The molecule has 1 aliphatic rings. The van der Waals surface area contributed by atoms with Crippen molar-refractivity contribution < 1.29 is 0 Å². The number of hydrogen-bond donors (Lipinski definition) is 1. The monoisotopic (exact) mass is 289 g/mol. The number of aryl methyl sites for hydroxylation is 1. The van der Waals surface area contributed by atoms with Crippen LogP contribution in [0.15, 0.2) is 24.3 Å². The number of piperazine rings is 1. The minimum absolute atomic E-state index is 0.580. The number of hydrogen-bond acceptors (Lipinski definition) is 3. The molecule has 0 aliphatic carbocycles. The normalized spacial score (nSPS) is 18.0. The van der Waals surface area contributed by atoms with Gasteiger partial charge in [0.2, 0.25) is 0 Å². The number of nitrogens with zero attached hydrogens (tertiary/aromatic N) is 2. The molecular formula is C18H31N3. The van der Waals surface area contributed by atoms with Gasteiger partial charge in [0.05, 0.1) is 0 Å². The standard InChI is InChI=1S/C18H31N3/c1-3-4-5-8-18(15-19)21-12-10-20(11-13-21)17-9-6-7-16(2)14-17/h6-7,9,14,18H,3-5,8,10-13,15,19H2,1-2H3. The maximum atomic E-state index is 6.00. The van der Waals surface area contributed by atoms with Gasteiger partial charge >= 0.3 is 0 Å². The number of anilines is 1. The molecular weight excluding hydrogens is 258 g/mol. The summed E-state index contributed by atoms with van der Waals surface area (Å²) in [7, 11) is 0. The van der Waals surface area contributed by atoms with Gasteiger partial charge in [0.15, 0.2) is 0 Å². The van der Waals surface area contributed by atoms with E-state index in [9.17, 15) is 0 Å². The molecule has 2 N–H and O–H groups in total. The summed E-state index contributed by atoms with van der Waals surface area (Å²) >= 11 is 0. The first-order chi connectivity index (χ1) is 10.2. The van der Waals surface area contributed by atoms with Crippen LogP contribution in [0.25, 0.3) is 0 Å². The van der Waals surface area contributed by atoms with Gasteiger partial charge in [-0.2, -0.15) is 0 Å². The highest BCUT2D eigenvalue weighted by Crippen LogP contribution is 2.19. The molecule has 1 aliphatic heterocycles. The Morgan fingerprint density at radius 2 is 1.90 bits per heavy atom. The molecule has 1 heterocycles. The predicted octanol–water partition coefficient (Wildman–Crippen LogP) is 3.02. The van der Waals surface area contributed by atoms with Crippen molar-refractivity contribution in [1.29, 1.82) is 0 Å². The summed E-state index contributed by atoms with van der Waals surface area (Å²) in [5.41, 5.74) is 8.70. The van der Waals surface area contributed by atoms with Gasteiger partial charge in [0.25, 0.3) is 0 Å². The first kappa shape index (κ1) is 16.3. The van der Waals surface area contributed by atoms with Crippen molar-refractivity contribution >= 4 is 5.69 Å². The Kier molecular flexibility index (Phi) is 6.52. The Hall–Kier alpha value is -1.06. The number of unbranched alkanes of at least 4 members (excludes halogenated alkanes) is 2. The Morgan fingerprint density at radius 1 is 1.14 bits per heavy atom. The average Bonchev–Trinajstić information content (AvgIpc) is 2.52. The predicted molar refractivity (Wildman–Crippen MR) is 91.9 cm³/mol. The molecule has 0 aromatic heterocycles. The molecule has 0 saturated carbocycles. The summed E-state index contributed by atoms with van der Waals surface area (Å²) in [5.74, 6) is 0. The van der Waals surface area contributed by atoms with Gasteiger partial charge in [-0.15, -0.1) is 0 Å². The summed E-state index contributed by atoms with van der Waals surface area (Å²) in [6.45, 7) is 9.75. The average molecular weight is 289 g/mol. The van der Waals surface area contributed by atoms with Crippen LogP contribution in [0.1, 0.15) is 38.2 Å². The van der Waals surface area contributed by atoms with Crippen molar-refractivity contribution in [3.63, 3.8) is 0 Å². The van der Waals surface area contributed by atoms with Crippen LogP contribution in [0.3, 0.4) is 0 Å². The lowest BCUT2D eigenvalue weighted by Crippen LogP contribution is -2.52. The van der Waals surface area contributed by atoms with E-state index in [1.807, 2.05) is 0 Å². The van der Waals surface area contributed by atoms with Crippen LogP contribution in [-0.4, -0.2) is 43.7 Å². The summed E-state index contributed by atoms with van der Waals surface area (Å²) < 4.78 is 0. The van der Waals surface area contributed by atoms with Gasteiger partial charge in [-0.25, -0.2) is 0 Å². The van der Waals surface area contributed by atoms with Gasteiger partial charge in [-0.05, 0) is 31.0 Å². The van der Waals surface area contributed by atoms with Crippen LogP contribution >= 0.6 is 0 Å². The zero-order valence-corrected chi connectivity index (χ0v) is 13.7. The summed E-state index contributed by atoms with van der Waals surface area (Å²) in [4.78, 5) is 5.10. The minimum atomic E-state index is 0.580. The van der Waals surface area contributed by atoms with Gasteiger partial charge in [0.1, 0.15) is 0 Å². The fraction of sp³-hybridized carbons (Fsp3) is 0.667. The van der Waals surface area contributed by atoms with E-state index in [-0.39, 0.29) is 0 Å². The lowest BCUT2D eigenvalue weighted by atomic mass is 10.1. The molecule has 1 fully saturated rings. The molecule has 2 rings (SSSR count). The Balaban J connectivity index is 1.84. The first-order valence-corrected chi connectivity index (χ1v) is 8.50. The highest BCUT2D eigenvalue weighted by atomic mass is 15.3. The number of benzene rings is 1. The van der Waals surface area contributed by atoms with E-state index in [1.54, 1.807) is 0 Å². The number of rotatable bonds is 7. The van der Waals surface area contributed by atoms with Gasteiger partial charge < -0.3 is 10.6 Å². The second-order valence-electron chi connectivity index (χ2n) is 6.25. The quantitative estimate of drug-likeness (QED) is 0.783. The summed E-state index contributed by atoms with van der Waals surface area (Å²) in [6, 6.07) is 9.42. The smallest absolute Gasteiger partial charge is 0.0369 e. The largest absolute Gasteiger partial charge is 0.369 e. The molecule has 1 aromatic carbocycles. The summed E-state index contributed by atoms with van der Waals surface area (Å²) in [6.07, 6.45) is 5.20. The lowest BCUT2D eigenvalue weighted by Gasteiger charge is -2.40. The molecule has 0 radical (unpaired) electrons. The molecule has 1 unspecified atom stereocenters. The van der Waals surface area contributed by atoms with Crippen molar-refractivity contribution in [2.75, 3.05) is 37.6 Å². The van der Waals surface area contributed by atoms with Crippen LogP contribution in [0, 0.1) is 6.92 Å². The van der Waals surface area contributed by atoms with Crippen molar-refractivity contribution in [2.45, 2.75) is 45.6 Å². The van der Waals surface area contributed by atoms with Crippen LogP contribution in [0.4, 0.5) is 5.69 Å². The van der Waals surface area contributed by atoms with Gasteiger partial charge in [-0.3, -0.25) is 4.90 Å². The van der Waals surface area contributed by atoms with Crippen molar-refractivity contribution in [3.05, 3.63) is 29.8 Å². The topological polar surface area (TPSA) is 32.5 Å². The molecule has 3 nitrogen and oxygen atoms in total. The molecule has 21 heavy (non-hydrogen) atoms. The SMILES string of the molecule is CCCCCC(CN)N1CCN(c2cccc(C)c2)CC1. The van der Waals surface area contributed by atoms with Gasteiger partial charge in [-0.1, -0.05) is 38.3 Å². The fourth-order valence-corrected chi connectivity index (χ4v) is 3.25. The maximum absolute atomic E-state index is 6.00. The zero-order valence-electron chi connectivity index (χ0n) is 13.7. The molecule has 1 atom stereocenters. The Morgan fingerprint density at radius 3 is 2.52 bits per heavy atom. The first-order valence-electron chi connectivity index (χ1n) is 8.50. The van der Waals surface area contributed by atoms with E-state index in [1.165, 1.54) is 36.9 Å². The minimum Gasteiger partial charge on any atom is -0.369 e. The molecule has 0 spiro atoms. The lowest BCUT2D eigenvalue weighted by molar-refractivity contribution is 0.177. The maximum Gasteiger partial charge on any atom is 0.0369 e. The second-order valence-corrected chi connectivity index (χ2v) is 6.25. The molecule has 3 heteroatoms. The van der Waals surface area contributed by atoms with Crippen molar-refractivity contribution in [1.82, 2.24) is 4.90 Å². The van der Waals surface area contributed by atoms with Crippen molar-refractivity contribution in [2.24, 2.45) is 5.73 Å². The van der Waals surface area contributed by atoms with Crippen LogP contribution < -0.4 is 10.6 Å². The van der Waals surface area contributed by atoms with E-state index in [0.29, 0.717) is 6.04 Å². The third-order valence-corrected chi connectivity index (χ3v) is 4.61. The molecule has 0 amide bonds. The zero-order chi connectivity index (χ0) is 15.1. The molecule has 0 bridgehead atoms. The van der Waals surface area contributed by atoms with E-state index >= 15 is 0 Å². The highest BCUT2D eigenvalue weighted by molar-refractivity contribution is 5.48. The van der Waals surface area contributed by atoms with Crippen molar-refractivity contribution in [3.8, 4) is 0 Å². The summed E-state index contributed by atoms with van der Waals surface area (Å²) in [5, 5.41) is 0. The van der Waals surface area contributed by atoms with Crippen LogP contribution in [0.2, 0.25) is 0 Å². The van der Waals surface area contributed by atoms with Gasteiger partial charge in [0, 0.05) is 44.5 Å². The van der Waals surface area contributed by atoms with E-state index in [2.05, 4.69) is 47.9 Å². The Bertz CT molecular complexity index is 411. The van der Waals surface area contributed by atoms with E-state index in [0.717, 1.165) is 32.7 Å². The van der Waals surface area contributed by atoms with Crippen LogP contribution in [-0.2, 0) is 0 Å². The molecule has 118 valence electrons. The Labute approximate surface area is 130 Å². The number of nitrogens with two attached hydrogens (primary N) is 1. The van der Waals surface area contributed by atoms with Crippen LogP contribution in [0.5, 0.6) is 0 Å². The van der Waals surface area contributed by atoms with E-state index < -0.39 is 0 Å². The fourth-order valence-electron chi connectivity index (χ4n) is 3.25. The van der Waals surface area contributed by atoms with E-state index in [4.69, 9.17) is 5.73 Å². The molecule has 1 aromatic rings. The second kappa shape index (κ2) is 8.40. The highest BCUT2D eigenvalue weighted by Gasteiger charge is 2.22. The molecule has 1 saturated heterocycles. The third kappa shape index (κ3) is 4.72. The third-order valence-electron chi connectivity index (χ3n) is 4.61.